The standard InChI is InChI=1S/C44H79NO6/c1-4-7-10-13-16-17-18-21-26-40-27-28-43(51-39-41-38-49-33-24-31-47-35-36-48-32-25-34-50-41)42(37-40)44(46)45(29-22-19-14-11-8-5-2)30-23-20-15-12-9-6-3/h27-28,37,41H,4-26,29-36,38-39H2,1-3H3. The molecule has 0 N–H and O–H groups in total. The molecule has 1 saturated heterocycles. The van der Waals surface area contributed by atoms with Crippen LogP contribution >= 0.6 is 0 Å². The van der Waals surface area contributed by atoms with Gasteiger partial charge in [0.2, 0.25) is 0 Å². The van der Waals surface area contributed by atoms with E-state index in [2.05, 4.69) is 37.8 Å². The van der Waals surface area contributed by atoms with Crippen LogP contribution < -0.4 is 4.74 Å². The molecule has 2 rings (SSSR count). The molecular formula is C44H79NO6. The van der Waals surface area contributed by atoms with E-state index in [4.69, 9.17) is 23.7 Å². The molecule has 1 amide bonds. The summed E-state index contributed by atoms with van der Waals surface area (Å²) in [6.07, 6.45) is 27.4. The van der Waals surface area contributed by atoms with Gasteiger partial charge in [0.25, 0.3) is 5.91 Å². The second-order valence-electron chi connectivity index (χ2n) is 14.7. The van der Waals surface area contributed by atoms with Crippen molar-refractivity contribution in [2.75, 3.05) is 65.9 Å². The fraction of sp³-hybridized carbons (Fsp3) is 0.841. The van der Waals surface area contributed by atoms with Crippen LogP contribution in [0.5, 0.6) is 5.75 Å². The van der Waals surface area contributed by atoms with Gasteiger partial charge in [0.05, 0.1) is 25.4 Å². The molecule has 1 aliphatic heterocycles. The zero-order valence-corrected chi connectivity index (χ0v) is 33.5. The minimum absolute atomic E-state index is 0.116. The molecule has 0 spiro atoms. The van der Waals surface area contributed by atoms with Crippen molar-refractivity contribution in [1.29, 1.82) is 0 Å². The maximum absolute atomic E-state index is 14.5. The Bertz CT molecular complexity index is 912. The lowest BCUT2D eigenvalue weighted by atomic mass is 10.0. The van der Waals surface area contributed by atoms with E-state index in [1.807, 2.05) is 6.07 Å². The summed E-state index contributed by atoms with van der Waals surface area (Å²) in [5.74, 6) is 0.778. The summed E-state index contributed by atoms with van der Waals surface area (Å²) in [7, 11) is 0. The molecule has 1 unspecified atom stereocenters. The number of carbonyl (C=O) groups excluding carboxylic acids is 1. The fourth-order valence-electron chi connectivity index (χ4n) is 6.68. The van der Waals surface area contributed by atoms with E-state index in [0.29, 0.717) is 64.2 Å². The lowest BCUT2D eigenvalue weighted by molar-refractivity contribution is -0.0516. The molecule has 1 heterocycles. The largest absolute Gasteiger partial charge is 0.490 e. The van der Waals surface area contributed by atoms with E-state index in [1.54, 1.807) is 0 Å². The number of rotatable bonds is 27. The topological polar surface area (TPSA) is 66.5 Å². The second-order valence-corrected chi connectivity index (χ2v) is 14.7. The van der Waals surface area contributed by atoms with E-state index in [0.717, 1.165) is 51.6 Å². The Morgan fingerprint density at radius 2 is 1.14 bits per heavy atom. The molecule has 51 heavy (non-hydrogen) atoms. The van der Waals surface area contributed by atoms with Gasteiger partial charge >= 0.3 is 0 Å². The SMILES string of the molecule is CCCCCCCCCCc1ccc(OCC2COCCCOCCOCCCO2)c(C(=O)N(CCCCCCCC)CCCCCCCC)c1. The summed E-state index contributed by atoms with van der Waals surface area (Å²) in [4.78, 5) is 16.6. The van der Waals surface area contributed by atoms with Gasteiger partial charge in [0.1, 0.15) is 18.5 Å². The van der Waals surface area contributed by atoms with Gasteiger partial charge in [-0.15, -0.1) is 0 Å². The first-order valence-corrected chi connectivity index (χ1v) is 21.6. The van der Waals surface area contributed by atoms with E-state index in [-0.39, 0.29) is 12.0 Å². The number of amides is 1. The van der Waals surface area contributed by atoms with E-state index >= 15 is 0 Å². The summed E-state index contributed by atoms with van der Waals surface area (Å²) in [5.41, 5.74) is 1.94. The van der Waals surface area contributed by atoms with Gasteiger partial charge in [-0.25, -0.2) is 0 Å². The molecule has 0 aromatic heterocycles. The van der Waals surface area contributed by atoms with Gasteiger partial charge in [0.15, 0.2) is 0 Å². The Kier molecular flexibility index (Phi) is 29.4. The molecule has 296 valence electrons. The first-order chi connectivity index (χ1) is 25.2. The number of nitrogens with zero attached hydrogens (tertiary/aromatic N) is 1. The Balaban J connectivity index is 2.15. The van der Waals surface area contributed by atoms with Crippen molar-refractivity contribution in [2.45, 2.75) is 175 Å². The highest BCUT2D eigenvalue weighted by atomic mass is 16.6. The zero-order valence-electron chi connectivity index (χ0n) is 33.5. The Morgan fingerprint density at radius 1 is 0.627 bits per heavy atom. The average Bonchev–Trinajstić information content (AvgIpc) is 3.14. The van der Waals surface area contributed by atoms with Crippen LogP contribution in [-0.2, 0) is 25.4 Å². The summed E-state index contributed by atoms with van der Waals surface area (Å²) in [6, 6.07) is 6.34. The quantitative estimate of drug-likeness (QED) is 0.0844. The number of unbranched alkanes of at least 4 members (excludes halogenated alkanes) is 17. The van der Waals surface area contributed by atoms with Gasteiger partial charge in [0, 0.05) is 39.5 Å². The highest BCUT2D eigenvalue weighted by Gasteiger charge is 2.22. The number of hydrogen-bond donors (Lipinski definition) is 0. The molecule has 1 fully saturated rings. The van der Waals surface area contributed by atoms with Crippen molar-refractivity contribution >= 4 is 5.91 Å². The van der Waals surface area contributed by atoms with Gasteiger partial charge in [-0.2, -0.15) is 0 Å². The lowest BCUT2D eigenvalue weighted by Gasteiger charge is -2.25. The summed E-state index contributed by atoms with van der Waals surface area (Å²) >= 11 is 0. The third-order valence-electron chi connectivity index (χ3n) is 9.91. The maximum Gasteiger partial charge on any atom is 0.257 e. The molecule has 0 radical (unpaired) electrons. The summed E-state index contributed by atoms with van der Waals surface area (Å²) in [5, 5.41) is 0. The summed E-state index contributed by atoms with van der Waals surface area (Å²) < 4.78 is 30.0. The maximum atomic E-state index is 14.5. The number of hydrogen-bond acceptors (Lipinski definition) is 6. The first-order valence-electron chi connectivity index (χ1n) is 21.6. The van der Waals surface area contributed by atoms with Gasteiger partial charge in [-0.3, -0.25) is 4.79 Å². The van der Waals surface area contributed by atoms with Crippen molar-refractivity contribution in [3.8, 4) is 5.75 Å². The molecular weight excluding hydrogens is 638 g/mol. The van der Waals surface area contributed by atoms with E-state index in [9.17, 15) is 4.79 Å². The van der Waals surface area contributed by atoms with Gasteiger partial charge < -0.3 is 28.6 Å². The second kappa shape index (κ2) is 32.9. The molecule has 7 heteroatoms. The van der Waals surface area contributed by atoms with E-state index in [1.165, 1.54) is 115 Å². The summed E-state index contributed by atoms with van der Waals surface area (Å²) in [6.45, 7) is 12.9. The van der Waals surface area contributed by atoms with Crippen LogP contribution in [0, 0.1) is 0 Å². The molecule has 0 bridgehead atoms. The average molecular weight is 718 g/mol. The van der Waals surface area contributed by atoms with Crippen LogP contribution in [0.3, 0.4) is 0 Å². The molecule has 1 aromatic rings. The third kappa shape index (κ3) is 23.6. The van der Waals surface area contributed by atoms with Crippen LogP contribution in [0.25, 0.3) is 0 Å². The van der Waals surface area contributed by atoms with Crippen LogP contribution in [0.15, 0.2) is 18.2 Å². The third-order valence-corrected chi connectivity index (χ3v) is 9.91. The van der Waals surface area contributed by atoms with Crippen molar-refractivity contribution in [1.82, 2.24) is 4.90 Å². The van der Waals surface area contributed by atoms with Gasteiger partial charge in [-0.05, 0) is 56.2 Å². The minimum Gasteiger partial charge on any atom is -0.490 e. The van der Waals surface area contributed by atoms with Crippen molar-refractivity contribution in [3.05, 3.63) is 29.3 Å². The van der Waals surface area contributed by atoms with Crippen LogP contribution in [0.4, 0.5) is 0 Å². The number of aryl methyl sites for hydroxylation is 1. The first kappa shape index (κ1) is 45.5. The smallest absolute Gasteiger partial charge is 0.257 e. The predicted octanol–water partition coefficient (Wildman–Crippen LogP) is 11.1. The fourth-order valence-corrected chi connectivity index (χ4v) is 6.68. The monoisotopic (exact) mass is 718 g/mol. The lowest BCUT2D eigenvalue weighted by Crippen LogP contribution is -2.34. The minimum atomic E-state index is -0.226. The normalized spacial score (nSPS) is 16.5. The number of ether oxygens (including phenoxy) is 5. The molecule has 1 aliphatic rings. The van der Waals surface area contributed by atoms with E-state index < -0.39 is 0 Å². The van der Waals surface area contributed by atoms with Crippen LogP contribution in [0.2, 0.25) is 0 Å². The van der Waals surface area contributed by atoms with Gasteiger partial charge in [-0.1, -0.05) is 136 Å². The highest BCUT2D eigenvalue weighted by Crippen LogP contribution is 2.25. The Morgan fingerprint density at radius 3 is 1.73 bits per heavy atom. The number of benzene rings is 1. The molecule has 7 nitrogen and oxygen atoms in total. The highest BCUT2D eigenvalue weighted by molar-refractivity contribution is 5.97. The molecule has 1 atom stereocenters. The molecule has 0 saturated carbocycles. The van der Waals surface area contributed by atoms with Crippen LogP contribution in [-0.4, -0.2) is 82.9 Å². The van der Waals surface area contributed by atoms with Crippen LogP contribution in [0.1, 0.15) is 178 Å². The van der Waals surface area contributed by atoms with Crippen molar-refractivity contribution < 1.29 is 28.5 Å². The van der Waals surface area contributed by atoms with Crippen molar-refractivity contribution in [3.63, 3.8) is 0 Å². The number of carbonyl (C=O) groups is 1. The zero-order chi connectivity index (χ0) is 36.5. The Hall–Kier alpha value is -1.67. The molecule has 1 aromatic carbocycles. The molecule has 0 aliphatic carbocycles. The predicted molar refractivity (Wildman–Crippen MR) is 212 cm³/mol. The Labute approximate surface area is 314 Å². The van der Waals surface area contributed by atoms with Crippen molar-refractivity contribution in [2.24, 2.45) is 0 Å².